The molecule has 1 atom stereocenters. The number of carboxylic acids is 1. The van der Waals surface area contributed by atoms with Crippen LogP contribution in [0.3, 0.4) is 0 Å². The van der Waals surface area contributed by atoms with Crippen LogP contribution >= 0.6 is 11.8 Å². The normalized spacial score (nSPS) is 11.9. The maximum atomic E-state index is 13.4. The van der Waals surface area contributed by atoms with E-state index in [2.05, 4.69) is 53.5 Å². The summed E-state index contributed by atoms with van der Waals surface area (Å²) in [5.74, 6) is -0.686. The van der Waals surface area contributed by atoms with Gasteiger partial charge in [-0.15, -0.1) is 0 Å². The zero-order chi connectivity index (χ0) is 28.7. The number of nitrogens with one attached hydrogen (secondary N) is 1. The first-order valence-electron chi connectivity index (χ1n) is 14.4. The number of rotatable bonds is 17. The number of amides is 1. The quantitative estimate of drug-likeness (QED) is 0.171. The molecule has 0 fully saturated rings. The predicted octanol–water partition coefficient (Wildman–Crippen LogP) is 7.22. The van der Waals surface area contributed by atoms with Gasteiger partial charge < -0.3 is 10.4 Å². The van der Waals surface area contributed by atoms with Gasteiger partial charge in [0.15, 0.2) is 0 Å². The molecule has 2 N–H and O–H groups in total. The minimum atomic E-state index is -1.00. The second kappa shape index (κ2) is 16.9. The minimum absolute atomic E-state index is 0.346. The molecule has 0 spiro atoms. The molecule has 0 saturated carbocycles. The standard InChI is InChI=1S/C34H44N2O3S/c1-4-5-11-21-36(22-12-16-27-14-7-6-8-15-27)25-28-18-19-30(31(24-28)29-17-10-9-13-26(29)2)33(37)35-32(34(38)39)20-23-40-3/h6-10,13-15,17-19,24,32H,4-5,11-12,16,20-23,25H2,1-3H3,(H,35,37)(H,38,39)/t32-/m0/s1. The molecule has 40 heavy (non-hydrogen) atoms. The summed E-state index contributed by atoms with van der Waals surface area (Å²) < 4.78 is 0. The Kier molecular flexibility index (Phi) is 13.3. The smallest absolute Gasteiger partial charge is 0.326 e. The van der Waals surface area contributed by atoms with Crippen molar-refractivity contribution in [3.05, 3.63) is 95.1 Å². The van der Waals surface area contributed by atoms with E-state index in [9.17, 15) is 14.7 Å². The van der Waals surface area contributed by atoms with E-state index in [1.54, 1.807) is 11.8 Å². The molecule has 0 aliphatic rings. The fourth-order valence-electron chi connectivity index (χ4n) is 4.98. The van der Waals surface area contributed by atoms with Gasteiger partial charge in [-0.2, -0.15) is 11.8 Å². The highest BCUT2D eigenvalue weighted by Gasteiger charge is 2.23. The average Bonchev–Trinajstić information content (AvgIpc) is 2.95. The first-order valence-corrected chi connectivity index (χ1v) is 15.8. The number of hydrogen-bond acceptors (Lipinski definition) is 4. The van der Waals surface area contributed by atoms with Crippen LogP contribution in [0.2, 0.25) is 0 Å². The molecule has 0 bridgehead atoms. The Bertz CT molecular complexity index is 1210. The SMILES string of the molecule is CCCCCN(CCCc1ccccc1)Cc1ccc(C(=O)N[C@@H](CCSC)C(=O)O)c(-c2ccccc2C)c1. The van der Waals surface area contributed by atoms with E-state index in [1.807, 2.05) is 49.6 Å². The third-order valence-corrected chi connectivity index (χ3v) is 7.89. The van der Waals surface area contributed by atoms with Gasteiger partial charge in [-0.3, -0.25) is 9.69 Å². The van der Waals surface area contributed by atoms with Crippen LogP contribution in [0.4, 0.5) is 0 Å². The van der Waals surface area contributed by atoms with Gasteiger partial charge in [-0.25, -0.2) is 4.79 Å². The van der Waals surface area contributed by atoms with Crippen molar-refractivity contribution in [1.29, 1.82) is 0 Å². The first-order chi connectivity index (χ1) is 19.4. The summed E-state index contributed by atoms with van der Waals surface area (Å²) in [6.07, 6.45) is 8.03. The second-order valence-electron chi connectivity index (χ2n) is 10.4. The molecule has 0 heterocycles. The zero-order valence-corrected chi connectivity index (χ0v) is 25.0. The second-order valence-corrected chi connectivity index (χ2v) is 11.4. The highest BCUT2D eigenvalue weighted by molar-refractivity contribution is 7.98. The number of thioether (sulfide) groups is 1. The molecule has 0 radical (unpaired) electrons. The van der Waals surface area contributed by atoms with E-state index in [0.717, 1.165) is 54.7 Å². The van der Waals surface area contributed by atoms with Crippen molar-refractivity contribution in [3.8, 4) is 11.1 Å². The largest absolute Gasteiger partial charge is 0.480 e. The Morgan fingerprint density at radius 1 is 0.900 bits per heavy atom. The van der Waals surface area contributed by atoms with E-state index >= 15 is 0 Å². The molecule has 0 aromatic heterocycles. The molecule has 5 nitrogen and oxygen atoms in total. The lowest BCUT2D eigenvalue weighted by Crippen LogP contribution is -2.41. The molecular weight excluding hydrogens is 516 g/mol. The lowest BCUT2D eigenvalue weighted by atomic mass is 9.93. The number of carbonyl (C=O) groups excluding carboxylic acids is 1. The summed E-state index contributed by atoms with van der Waals surface area (Å²) >= 11 is 1.57. The molecular formula is C34H44N2O3S. The van der Waals surface area contributed by atoms with Crippen LogP contribution in [-0.4, -0.2) is 53.0 Å². The Labute approximate surface area is 244 Å². The van der Waals surface area contributed by atoms with Crippen LogP contribution < -0.4 is 5.32 Å². The fourth-order valence-corrected chi connectivity index (χ4v) is 5.45. The summed E-state index contributed by atoms with van der Waals surface area (Å²) in [7, 11) is 0. The first kappa shape index (κ1) is 31.4. The van der Waals surface area contributed by atoms with E-state index in [4.69, 9.17) is 0 Å². The van der Waals surface area contributed by atoms with Crippen molar-refractivity contribution in [2.75, 3.05) is 25.1 Å². The van der Waals surface area contributed by atoms with E-state index < -0.39 is 12.0 Å². The van der Waals surface area contributed by atoms with Crippen molar-refractivity contribution < 1.29 is 14.7 Å². The van der Waals surface area contributed by atoms with Crippen molar-refractivity contribution in [2.45, 2.75) is 65.0 Å². The number of unbranched alkanes of at least 4 members (excludes halogenated alkanes) is 2. The lowest BCUT2D eigenvalue weighted by Gasteiger charge is -2.24. The van der Waals surface area contributed by atoms with Crippen molar-refractivity contribution >= 4 is 23.6 Å². The van der Waals surface area contributed by atoms with Crippen LogP contribution in [0.15, 0.2) is 72.8 Å². The van der Waals surface area contributed by atoms with Gasteiger partial charge in [0.1, 0.15) is 6.04 Å². The minimum Gasteiger partial charge on any atom is -0.480 e. The molecule has 3 aromatic rings. The summed E-state index contributed by atoms with van der Waals surface area (Å²) in [5.41, 5.74) is 5.95. The molecule has 3 rings (SSSR count). The Hall–Kier alpha value is -3.09. The van der Waals surface area contributed by atoms with Crippen LogP contribution in [0.5, 0.6) is 0 Å². The summed E-state index contributed by atoms with van der Waals surface area (Å²) in [6.45, 7) is 7.14. The highest BCUT2D eigenvalue weighted by atomic mass is 32.2. The van der Waals surface area contributed by atoms with Gasteiger partial charge >= 0.3 is 5.97 Å². The third kappa shape index (κ3) is 9.83. The molecule has 6 heteroatoms. The van der Waals surface area contributed by atoms with E-state index in [1.165, 1.54) is 24.8 Å². The van der Waals surface area contributed by atoms with Crippen molar-refractivity contribution in [1.82, 2.24) is 10.2 Å². The number of benzene rings is 3. The topological polar surface area (TPSA) is 69.6 Å². The molecule has 0 unspecified atom stereocenters. The lowest BCUT2D eigenvalue weighted by molar-refractivity contribution is -0.139. The van der Waals surface area contributed by atoms with Gasteiger partial charge in [0, 0.05) is 12.1 Å². The predicted molar refractivity (Wildman–Crippen MR) is 168 cm³/mol. The molecule has 1 amide bonds. The molecule has 0 aliphatic carbocycles. The molecule has 3 aromatic carbocycles. The van der Waals surface area contributed by atoms with Crippen LogP contribution in [0.25, 0.3) is 11.1 Å². The highest BCUT2D eigenvalue weighted by Crippen LogP contribution is 2.29. The third-order valence-electron chi connectivity index (χ3n) is 7.24. The van der Waals surface area contributed by atoms with Gasteiger partial charge in [-0.05, 0) is 97.7 Å². The van der Waals surface area contributed by atoms with E-state index in [-0.39, 0.29) is 5.91 Å². The van der Waals surface area contributed by atoms with Gasteiger partial charge in [-0.1, -0.05) is 80.4 Å². The van der Waals surface area contributed by atoms with Crippen LogP contribution in [0.1, 0.15) is 66.1 Å². The fraction of sp³-hybridized carbons (Fsp3) is 0.412. The number of carboxylic acid groups (broad SMARTS) is 1. The summed E-state index contributed by atoms with van der Waals surface area (Å²) in [6, 6.07) is 23.8. The molecule has 214 valence electrons. The maximum Gasteiger partial charge on any atom is 0.326 e. The number of carbonyl (C=O) groups is 2. The summed E-state index contributed by atoms with van der Waals surface area (Å²) in [5, 5.41) is 12.4. The number of aliphatic carboxylic acids is 1. The number of nitrogens with zero attached hydrogens (tertiary/aromatic N) is 1. The van der Waals surface area contributed by atoms with Gasteiger partial charge in [0.2, 0.25) is 0 Å². The van der Waals surface area contributed by atoms with Crippen LogP contribution in [-0.2, 0) is 17.8 Å². The van der Waals surface area contributed by atoms with Gasteiger partial charge in [0.05, 0.1) is 0 Å². The Balaban J connectivity index is 1.85. The summed E-state index contributed by atoms with van der Waals surface area (Å²) in [4.78, 5) is 27.8. The maximum absolute atomic E-state index is 13.4. The Morgan fingerprint density at radius 2 is 1.62 bits per heavy atom. The number of hydrogen-bond donors (Lipinski definition) is 2. The molecule has 0 aliphatic heterocycles. The molecule has 0 saturated heterocycles. The number of aryl methyl sites for hydroxylation is 2. The van der Waals surface area contributed by atoms with E-state index in [0.29, 0.717) is 17.7 Å². The van der Waals surface area contributed by atoms with Crippen LogP contribution in [0, 0.1) is 6.92 Å². The average molecular weight is 561 g/mol. The zero-order valence-electron chi connectivity index (χ0n) is 24.2. The Morgan fingerprint density at radius 3 is 2.33 bits per heavy atom. The van der Waals surface area contributed by atoms with Crippen molar-refractivity contribution in [2.24, 2.45) is 0 Å². The van der Waals surface area contributed by atoms with Crippen molar-refractivity contribution in [3.63, 3.8) is 0 Å². The monoisotopic (exact) mass is 560 g/mol. The van der Waals surface area contributed by atoms with Gasteiger partial charge in [0.25, 0.3) is 5.91 Å².